The zero-order valence-electron chi connectivity index (χ0n) is 10.3. The van der Waals surface area contributed by atoms with Gasteiger partial charge in [-0.15, -0.1) is 6.58 Å². The van der Waals surface area contributed by atoms with Gasteiger partial charge in [-0.2, -0.15) is 0 Å². The highest BCUT2D eigenvalue weighted by Gasteiger charge is 2.26. The average Bonchev–Trinajstić information content (AvgIpc) is 2.22. The molecular formula is C11H20N2O3. The van der Waals surface area contributed by atoms with Gasteiger partial charge >= 0.3 is 12.0 Å². The molecule has 0 heterocycles. The number of carbonyl (C=O) groups is 2. The van der Waals surface area contributed by atoms with Gasteiger partial charge in [-0.3, -0.25) is 0 Å². The van der Waals surface area contributed by atoms with Gasteiger partial charge in [0.1, 0.15) is 6.04 Å². The molecule has 5 heteroatoms. The van der Waals surface area contributed by atoms with Crippen LogP contribution in [0, 0.1) is 0 Å². The van der Waals surface area contributed by atoms with Gasteiger partial charge in [-0.1, -0.05) is 6.08 Å². The molecular weight excluding hydrogens is 208 g/mol. The summed E-state index contributed by atoms with van der Waals surface area (Å²) in [6.45, 7) is 9.22. The van der Waals surface area contributed by atoms with E-state index in [1.54, 1.807) is 11.0 Å². The first-order chi connectivity index (χ1) is 7.32. The third-order valence-corrected chi connectivity index (χ3v) is 2.43. The lowest BCUT2D eigenvalue weighted by Gasteiger charge is -2.32. The summed E-state index contributed by atoms with van der Waals surface area (Å²) in [7, 11) is 1.49. The average molecular weight is 228 g/mol. The Labute approximate surface area is 96.3 Å². The Morgan fingerprint density at radius 2 is 1.88 bits per heavy atom. The van der Waals surface area contributed by atoms with Crippen molar-refractivity contribution in [2.45, 2.75) is 32.9 Å². The number of hydrogen-bond acceptors (Lipinski definition) is 2. The molecule has 0 fully saturated rings. The van der Waals surface area contributed by atoms with Crippen LogP contribution in [0.2, 0.25) is 0 Å². The van der Waals surface area contributed by atoms with Crippen molar-refractivity contribution in [1.29, 1.82) is 0 Å². The van der Waals surface area contributed by atoms with Crippen LogP contribution in [0.5, 0.6) is 0 Å². The lowest BCUT2D eigenvalue weighted by atomic mass is 10.3. The molecule has 2 amide bonds. The molecule has 16 heavy (non-hydrogen) atoms. The van der Waals surface area contributed by atoms with E-state index in [0.717, 1.165) is 0 Å². The maximum atomic E-state index is 12.0. The minimum absolute atomic E-state index is 0.00828. The van der Waals surface area contributed by atoms with Gasteiger partial charge in [-0.25, -0.2) is 9.59 Å². The fraction of sp³-hybridized carbons (Fsp3) is 0.636. The number of amides is 2. The largest absolute Gasteiger partial charge is 0.480 e. The first-order valence-electron chi connectivity index (χ1n) is 5.20. The van der Waals surface area contributed by atoms with Crippen molar-refractivity contribution in [1.82, 2.24) is 9.80 Å². The van der Waals surface area contributed by atoms with Gasteiger partial charge < -0.3 is 14.9 Å². The van der Waals surface area contributed by atoms with E-state index in [4.69, 9.17) is 5.11 Å². The molecule has 92 valence electrons. The molecule has 1 N–H and O–H groups in total. The van der Waals surface area contributed by atoms with E-state index in [1.807, 2.05) is 13.8 Å². The van der Waals surface area contributed by atoms with Gasteiger partial charge in [0.2, 0.25) is 0 Å². The van der Waals surface area contributed by atoms with Crippen LogP contribution in [-0.2, 0) is 4.79 Å². The summed E-state index contributed by atoms with van der Waals surface area (Å²) in [6.07, 6.45) is 1.62. The van der Waals surface area contributed by atoms with Crippen molar-refractivity contribution in [3.8, 4) is 0 Å². The number of carboxylic acid groups (broad SMARTS) is 1. The Kier molecular flexibility index (Phi) is 5.56. The Bertz CT molecular complexity index is 276. The van der Waals surface area contributed by atoms with Crippen LogP contribution < -0.4 is 0 Å². The SMILES string of the molecule is C=CCN(C(=O)N(C)C(C)C(=O)O)C(C)C. The number of urea groups is 1. The molecule has 0 aliphatic rings. The Morgan fingerprint density at radius 1 is 1.38 bits per heavy atom. The quantitative estimate of drug-likeness (QED) is 0.724. The molecule has 0 bridgehead atoms. The fourth-order valence-corrected chi connectivity index (χ4v) is 1.18. The van der Waals surface area contributed by atoms with E-state index in [0.29, 0.717) is 6.54 Å². The fourth-order valence-electron chi connectivity index (χ4n) is 1.18. The number of aliphatic carboxylic acids is 1. The monoisotopic (exact) mass is 228 g/mol. The molecule has 0 aromatic carbocycles. The number of nitrogens with zero attached hydrogens (tertiary/aromatic N) is 2. The number of carbonyl (C=O) groups excluding carboxylic acids is 1. The zero-order valence-corrected chi connectivity index (χ0v) is 10.3. The van der Waals surface area contributed by atoms with Gasteiger partial charge in [0.05, 0.1) is 0 Å². The van der Waals surface area contributed by atoms with E-state index >= 15 is 0 Å². The predicted octanol–water partition coefficient (Wildman–Crippen LogP) is 1.41. The second-order valence-corrected chi connectivity index (χ2v) is 3.94. The molecule has 0 saturated heterocycles. The molecule has 0 radical (unpaired) electrons. The minimum Gasteiger partial charge on any atom is -0.480 e. The standard InChI is InChI=1S/C11H20N2O3/c1-6-7-13(8(2)3)11(16)12(5)9(4)10(14)15/h6,8-9H,1,7H2,2-5H3,(H,14,15). The highest BCUT2D eigenvalue weighted by molar-refractivity contribution is 5.82. The van der Waals surface area contributed by atoms with E-state index in [1.165, 1.54) is 18.9 Å². The minimum atomic E-state index is -1.02. The highest BCUT2D eigenvalue weighted by Crippen LogP contribution is 2.06. The van der Waals surface area contributed by atoms with Gasteiger partial charge in [0, 0.05) is 19.6 Å². The number of rotatable bonds is 5. The molecule has 0 spiro atoms. The summed E-state index contributed by atoms with van der Waals surface area (Å²) in [5, 5.41) is 8.82. The summed E-state index contributed by atoms with van der Waals surface area (Å²) >= 11 is 0. The smallest absolute Gasteiger partial charge is 0.326 e. The number of hydrogen-bond donors (Lipinski definition) is 1. The molecule has 0 rings (SSSR count). The normalized spacial score (nSPS) is 12.1. The lowest BCUT2D eigenvalue weighted by Crippen LogP contribution is -2.50. The molecule has 5 nitrogen and oxygen atoms in total. The predicted molar refractivity (Wildman–Crippen MR) is 62.3 cm³/mol. The van der Waals surface area contributed by atoms with Crippen LogP contribution in [0.1, 0.15) is 20.8 Å². The molecule has 0 aromatic rings. The molecule has 1 atom stereocenters. The summed E-state index contributed by atoms with van der Waals surface area (Å²) in [5.74, 6) is -1.02. The summed E-state index contributed by atoms with van der Waals surface area (Å²) in [5.41, 5.74) is 0. The van der Waals surface area contributed by atoms with Crippen molar-refractivity contribution in [3.05, 3.63) is 12.7 Å². The van der Waals surface area contributed by atoms with Gasteiger partial charge in [0.15, 0.2) is 0 Å². The first-order valence-corrected chi connectivity index (χ1v) is 5.20. The topological polar surface area (TPSA) is 60.9 Å². The molecule has 0 aromatic heterocycles. The van der Waals surface area contributed by atoms with Crippen LogP contribution in [-0.4, -0.2) is 52.6 Å². The maximum absolute atomic E-state index is 12.0. The maximum Gasteiger partial charge on any atom is 0.326 e. The zero-order chi connectivity index (χ0) is 12.9. The van der Waals surface area contributed by atoms with Crippen LogP contribution in [0.25, 0.3) is 0 Å². The van der Waals surface area contributed by atoms with Crippen LogP contribution in [0.3, 0.4) is 0 Å². The summed E-state index contributed by atoms with van der Waals surface area (Å²) < 4.78 is 0. The third-order valence-electron chi connectivity index (χ3n) is 2.43. The van der Waals surface area contributed by atoms with Crippen molar-refractivity contribution >= 4 is 12.0 Å². The molecule has 0 saturated carbocycles. The lowest BCUT2D eigenvalue weighted by molar-refractivity contribution is -0.141. The van der Waals surface area contributed by atoms with Crippen LogP contribution in [0.4, 0.5) is 4.79 Å². The first kappa shape index (κ1) is 14.5. The van der Waals surface area contributed by atoms with Gasteiger partial charge in [-0.05, 0) is 20.8 Å². The number of likely N-dealkylation sites (N-methyl/N-ethyl adjacent to an activating group) is 1. The second-order valence-electron chi connectivity index (χ2n) is 3.94. The Balaban J connectivity index is 4.73. The molecule has 1 unspecified atom stereocenters. The molecule has 0 aliphatic carbocycles. The number of carboxylic acids is 1. The van der Waals surface area contributed by atoms with Crippen molar-refractivity contribution < 1.29 is 14.7 Å². The van der Waals surface area contributed by atoms with E-state index < -0.39 is 12.0 Å². The summed E-state index contributed by atoms with van der Waals surface area (Å²) in [6, 6.07) is -1.13. The van der Waals surface area contributed by atoms with E-state index in [-0.39, 0.29) is 12.1 Å². The van der Waals surface area contributed by atoms with Crippen molar-refractivity contribution in [3.63, 3.8) is 0 Å². The Morgan fingerprint density at radius 3 is 2.19 bits per heavy atom. The van der Waals surface area contributed by atoms with Gasteiger partial charge in [0.25, 0.3) is 0 Å². The van der Waals surface area contributed by atoms with E-state index in [2.05, 4.69) is 6.58 Å². The van der Waals surface area contributed by atoms with E-state index in [9.17, 15) is 9.59 Å². The highest BCUT2D eigenvalue weighted by atomic mass is 16.4. The third kappa shape index (κ3) is 3.56. The Hall–Kier alpha value is -1.52. The summed E-state index contributed by atoms with van der Waals surface area (Å²) in [4.78, 5) is 25.5. The van der Waals surface area contributed by atoms with Crippen LogP contribution in [0.15, 0.2) is 12.7 Å². The van der Waals surface area contributed by atoms with Crippen LogP contribution >= 0.6 is 0 Å². The second kappa shape index (κ2) is 6.15. The van der Waals surface area contributed by atoms with Crippen molar-refractivity contribution in [2.24, 2.45) is 0 Å². The molecule has 0 aliphatic heterocycles. The van der Waals surface area contributed by atoms with Crippen molar-refractivity contribution in [2.75, 3.05) is 13.6 Å².